The van der Waals surface area contributed by atoms with Crippen molar-refractivity contribution in [1.82, 2.24) is 0 Å². The van der Waals surface area contributed by atoms with Crippen LogP contribution < -0.4 is 4.90 Å². The summed E-state index contributed by atoms with van der Waals surface area (Å²) in [7, 11) is 0. The molecule has 1 saturated heterocycles. The second kappa shape index (κ2) is 4.87. The van der Waals surface area contributed by atoms with Crippen molar-refractivity contribution in [3.05, 3.63) is 37.4 Å². The van der Waals surface area contributed by atoms with Gasteiger partial charge in [-0.3, -0.25) is 25.0 Å². The molecule has 0 atom stereocenters. The third-order valence-electron chi connectivity index (χ3n) is 3.41. The van der Waals surface area contributed by atoms with Gasteiger partial charge in [-0.25, -0.2) is 0 Å². The molecule has 0 bridgehead atoms. The van der Waals surface area contributed by atoms with E-state index in [1.165, 1.54) is 24.8 Å². The molecule has 0 spiro atoms. The van der Waals surface area contributed by atoms with Crippen LogP contribution in [0.2, 0.25) is 0 Å². The Balaban J connectivity index is 2.72. The Hall–Kier alpha value is -2.51. The molecular formula is C12H13N3O5. The number of rotatable bonds is 3. The third-order valence-corrected chi connectivity index (χ3v) is 3.41. The molecule has 106 valence electrons. The molecule has 20 heavy (non-hydrogen) atoms. The minimum Gasteiger partial charge on any atom is -0.306 e. The predicted octanol–water partition coefficient (Wildman–Crippen LogP) is 2.25. The lowest BCUT2D eigenvalue weighted by Crippen LogP contribution is -2.25. The van der Waals surface area contributed by atoms with Crippen LogP contribution in [0.5, 0.6) is 0 Å². The molecule has 1 aliphatic rings. The van der Waals surface area contributed by atoms with Crippen LogP contribution in [0.1, 0.15) is 24.0 Å². The molecule has 0 unspecified atom stereocenters. The molecule has 8 heteroatoms. The average Bonchev–Trinajstić information content (AvgIpc) is 2.73. The monoisotopic (exact) mass is 279 g/mol. The highest BCUT2D eigenvalue weighted by Crippen LogP contribution is 2.40. The van der Waals surface area contributed by atoms with E-state index in [2.05, 4.69) is 0 Å². The number of hydrogen-bond donors (Lipinski definition) is 0. The van der Waals surface area contributed by atoms with Crippen LogP contribution in [0.3, 0.4) is 0 Å². The van der Waals surface area contributed by atoms with Crippen LogP contribution in [0, 0.1) is 34.1 Å². The number of nitro groups is 2. The van der Waals surface area contributed by atoms with Crippen molar-refractivity contribution in [3.63, 3.8) is 0 Å². The van der Waals surface area contributed by atoms with Gasteiger partial charge in [0.1, 0.15) is 11.3 Å². The predicted molar refractivity (Wildman–Crippen MR) is 70.8 cm³/mol. The third kappa shape index (κ3) is 2.09. The summed E-state index contributed by atoms with van der Waals surface area (Å²) in [5.41, 5.74) is -0.190. The first kappa shape index (κ1) is 13.9. The van der Waals surface area contributed by atoms with E-state index in [0.717, 1.165) is 0 Å². The highest BCUT2D eigenvalue weighted by atomic mass is 16.6. The minimum atomic E-state index is -0.664. The molecule has 2 rings (SSSR count). The fraction of sp³-hybridized carbons (Fsp3) is 0.417. The zero-order valence-electron chi connectivity index (χ0n) is 11.1. The topological polar surface area (TPSA) is 107 Å². The lowest BCUT2D eigenvalue weighted by atomic mass is 10.0. The Bertz CT molecular complexity index is 626. The molecule has 8 nitrogen and oxygen atoms in total. The highest BCUT2D eigenvalue weighted by Gasteiger charge is 2.34. The lowest BCUT2D eigenvalue weighted by molar-refractivity contribution is -0.395. The quantitative estimate of drug-likeness (QED) is 0.623. The van der Waals surface area contributed by atoms with Crippen LogP contribution in [0.4, 0.5) is 17.1 Å². The van der Waals surface area contributed by atoms with Gasteiger partial charge >= 0.3 is 5.69 Å². The zero-order chi connectivity index (χ0) is 15.0. The SMILES string of the molecule is Cc1cc(N2CCCC2=O)c([N+](=O)[O-])c(C)c1[N+](=O)[O-]. The summed E-state index contributed by atoms with van der Waals surface area (Å²) in [6.45, 7) is 3.25. The summed E-state index contributed by atoms with van der Waals surface area (Å²) in [5, 5.41) is 22.3. The van der Waals surface area contributed by atoms with Crippen molar-refractivity contribution >= 4 is 23.0 Å². The van der Waals surface area contributed by atoms with Crippen LogP contribution in [-0.2, 0) is 4.79 Å². The molecule has 0 N–H and O–H groups in total. The van der Waals surface area contributed by atoms with Gasteiger partial charge in [0.2, 0.25) is 5.91 Å². The number of aryl methyl sites for hydroxylation is 1. The molecule has 0 aromatic heterocycles. The van der Waals surface area contributed by atoms with E-state index < -0.39 is 9.85 Å². The second-order valence-corrected chi connectivity index (χ2v) is 4.70. The van der Waals surface area contributed by atoms with E-state index >= 15 is 0 Å². The molecule has 1 fully saturated rings. The number of hydrogen-bond acceptors (Lipinski definition) is 5. The van der Waals surface area contributed by atoms with Gasteiger partial charge in [-0.05, 0) is 26.3 Å². The number of nitro benzene ring substituents is 2. The van der Waals surface area contributed by atoms with E-state index in [9.17, 15) is 25.0 Å². The Labute approximate surface area is 114 Å². The normalized spacial score (nSPS) is 14.7. The van der Waals surface area contributed by atoms with Crippen molar-refractivity contribution < 1.29 is 14.6 Å². The summed E-state index contributed by atoms with van der Waals surface area (Å²) < 4.78 is 0. The molecular weight excluding hydrogens is 266 g/mol. The Kier molecular flexibility index (Phi) is 3.39. The first-order valence-electron chi connectivity index (χ1n) is 6.08. The minimum absolute atomic E-state index is 0.0188. The van der Waals surface area contributed by atoms with Crippen molar-refractivity contribution in [2.45, 2.75) is 26.7 Å². The molecule has 0 aliphatic carbocycles. The number of amides is 1. The lowest BCUT2D eigenvalue weighted by Gasteiger charge is -2.17. The van der Waals surface area contributed by atoms with Gasteiger partial charge in [-0.15, -0.1) is 0 Å². The van der Waals surface area contributed by atoms with E-state index in [0.29, 0.717) is 24.9 Å². The van der Waals surface area contributed by atoms with Crippen molar-refractivity contribution in [2.75, 3.05) is 11.4 Å². The molecule has 1 amide bonds. The standard InChI is InChI=1S/C12H13N3O5/c1-7-6-9(13-5-3-4-10(13)16)12(15(19)20)8(2)11(7)14(17)18/h6H,3-5H2,1-2H3. The maximum Gasteiger partial charge on any atom is 0.302 e. The number of carbonyl (C=O) groups is 1. The second-order valence-electron chi connectivity index (χ2n) is 4.70. The van der Waals surface area contributed by atoms with Crippen molar-refractivity contribution in [1.29, 1.82) is 0 Å². The van der Waals surface area contributed by atoms with E-state index in [-0.39, 0.29) is 28.5 Å². The summed E-state index contributed by atoms with van der Waals surface area (Å²) in [5.74, 6) is -0.194. The zero-order valence-corrected chi connectivity index (χ0v) is 11.1. The molecule has 0 radical (unpaired) electrons. The van der Waals surface area contributed by atoms with Gasteiger partial charge < -0.3 is 4.90 Å². The van der Waals surface area contributed by atoms with Gasteiger partial charge in [0, 0.05) is 18.5 Å². The summed E-state index contributed by atoms with van der Waals surface area (Å²) in [4.78, 5) is 34.1. The summed E-state index contributed by atoms with van der Waals surface area (Å²) >= 11 is 0. The van der Waals surface area contributed by atoms with Gasteiger partial charge in [-0.1, -0.05) is 0 Å². The van der Waals surface area contributed by atoms with Crippen LogP contribution in [0.25, 0.3) is 0 Å². The number of carbonyl (C=O) groups excluding carboxylic acids is 1. The molecule has 0 saturated carbocycles. The van der Waals surface area contributed by atoms with Crippen molar-refractivity contribution in [3.8, 4) is 0 Å². The van der Waals surface area contributed by atoms with Gasteiger partial charge in [-0.2, -0.15) is 0 Å². The first-order chi connectivity index (χ1) is 9.34. The molecule has 1 aromatic rings. The van der Waals surface area contributed by atoms with Crippen LogP contribution in [-0.4, -0.2) is 22.3 Å². The van der Waals surface area contributed by atoms with Crippen molar-refractivity contribution in [2.24, 2.45) is 0 Å². The molecule has 1 aromatic carbocycles. The van der Waals surface area contributed by atoms with E-state index in [1.807, 2.05) is 0 Å². The maximum atomic E-state index is 11.8. The Morgan fingerprint density at radius 1 is 1.15 bits per heavy atom. The fourth-order valence-corrected chi connectivity index (χ4v) is 2.56. The van der Waals surface area contributed by atoms with Gasteiger partial charge in [0.15, 0.2) is 0 Å². The maximum absolute atomic E-state index is 11.8. The largest absolute Gasteiger partial charge is 0.306 e. The van der Waals surface area contributed by atoms with Crippen LogP contribution >= 0.6 is 0 Å². The first-order valence-corrected chi connectivity index (χ1v) is 6.08. The number of benzene rings is 1. The number of nitrogens with zero attached hydrogens (tertiary/aromatic N) is 3. The average molecular weight is 279 g/mol. The molecule has 1 heterocycles. The van der Waals surface area contributed by atoms with Crippen LogP contribution in [0.15, 0.2) is 6.07 Å². The summed E-state index contributed by atoms with van der Waals surface area (Å²) in [6.07, 6.45) is 0.970. The smallest absolute Gasteiger partial charge is 0.302 e. The van der Waals surface area contributed by atoms with E-state index in [1.54, 1.807) is 0 Å². The molecule has 1 aliphatic heterocycles. The Morgan fingerprint density at radius 2 is 1.75 bits per heavy atom. The highest BCUT2D eigenvalue weighted by molar-refractivity contribution is 5.98. The summed E-state index contributed by atoms with van der Waals surface area (Å²) in [6, 6.07) is 1.35. The number of anilines is 1. The Morgan fingerprint density at radius 3 is 2.20 bits per heavy atom. The van der Waals surface area contributed by atoms with Gasteiger partial charge in [0.05, 0.1) is 9.85 Å². The van der Waals surface area contributed by atoms with E-state index in [4.69, 9.17) is 0 Å². The van der Waals surface area contributed by atoms with Gasteiger partial charge in [0.25, 0.3) is 5.69 Å². The fourth-order valence-electron chi connectivity index (χ4n) is 2.56.